The summed E-state index contributed by atoms with van der Waals surface area (Å²) in [6.45, 7) is 9.73. The Morgan fingerprint density at radius 2 is 1.78 bits per heavy atom. The third kappa shape index (κ3) is 4.73. The number of amides is 1. The number of hydrogen-bond acceptors (Lipinski definition) is 5. The molecule has 0 atom stereocenters. The van der Waals surface area contributed by atoms with Crippen LogP contribution in [0.1, 0.15) is 29.4 Å². The van der Waals surface area contributed by atoms with Crippen molar-refractivity contribution in [3.8, 4) is 5.69 Å². The van der Waals surface area contributed by atoms with Crippen molar-refractivity contribution in [1.29, 1.82) is 0 Å². The predicted octanol–water partition coefficient (Wildman–Crippen LogP) is 5.73. The van der Waals surface area contributed by atoms with Crippen LogP contribution in [0, 0.1) is 13.8 Å². The highest BCUT2D eigenvalue weighted by molar-refractivity contribution is 8.18. The maximum absolute atomic E-state index is 13.1. The minimum absolute atomic E-state index is 0.0255. The minimum atomic E-state index is -0.0255. The standard InChI is InChI=1S/C29H32N4O2S/c1-5-22-8-6-7-9-26(22)33-20(2)18-23(21(33)3)19-27-28(34)31(4)29(36-27)30-24-10-12-25(13-11-24)32-14-16-35-17-15-32/h6-13,18-19H,5,14-17H2,1-4H3/b27-19-,30-29?. The lowest BCUT2D eigenvalue weighted by atomic mass is 10.1. The van der Waals surface area contributed by atoms with E-state index in [2.05, 4.69) is 72.7 Å². The van der Waals surface area contributed by atoms with Crippen molar-refractivity contribution >= 4 is 40.3 Å². The van der Waals surface area contributed by atoms with Crippen molar-refractivity contribution in [2.45, 2.75) is 27.2 Å². The first-order chi connectivity index (χ1) is 17.5. The number of anilines is 1. The van der Waals surface area contributed by atoms with E-state index in [0.29, 0.717) is 10.1 Å². The zero-order valence-electron chi connectivity index (χ0n) is 21.3. The number of amidine groups is 1. The van der Waals surface area contributed by atoms with Crippen LogP contribution in [0.2, 0.25) is 0 Å². The van der Waals surface area contributed by atoms with E-state index in [4.69, 9.17) is 9.73 Å². The van der Waals surface area contributed by atoms with Crippen LogP contribution in [0.15, 0.2) is 64.5 Å². The van der Waals surface area contributed by atoms with Crippen molar-refractivity contribution in [2.75, 3.05) is 38.3 Å². The number of aromatic nitrogens is 1. The van der Waals surface area contributed by atoms with Gasteiger partial charge in [-0.2, -0.15) is 0 Å². The minimum Gasteiger partial charge on any atom is -0.378 e. The molecule has 3 aromatic rings. The highest BCUT2D eigenvalue weighted by atomic mass is 32.2. The molecule has 0 unspecified atom stereocenters. The molecule has 6 nitrogen and oxygen atoms in total. The van der Waals surface area contributed by atoms with E-state index >= 15 is 0 Å². The highest BCUT2D eigenvalue weighted by Crippen LogP contribution is 2.35. The molecule has 0 bridgehead atoms. The van der Waals surface area contributed by atoms with E-state index in [9.17, 15) is 4.79 Å². The molecule has 0 spiro atoms. The van der Waals surface area contributed by atoms with Crippen LogP contribution in [-0.4, -0.2) is 53.9 Å². The topological polar surface area (TPSA) is 50.1 Å². The Labute approximate surface area is 217 Å². The van der Waals surface area contributed by atoms with E-state index in [1.807, 2.05) is 18.2 Å². The summed E-state index contributed by atoms with van der Waals surface area (Å²) >= 11 is 1.43. The van der Waals surface area contributed by atoms with Gasteiger partial charge in [0.2, 0.25) is 0 Å². The summed E-state index contributed by atoms with van der Waals surface area (Å²) in [5.41, 5.74) is 7.85. The Morgan fingerprint density at radius 3 is 2.50 bits per heavy atom. The van der Waals surface area contributed by atoms with Crippen LogP contribution in [0.4, 0.5) is 11.4 Å². The Hall–Kier alpha value is -3.29. The highest BCUT2D eigenvalue weighted by Gasteiger charge is 2.31. The number of benzene rings is 2. The average Bonchev–Trinajstić information content (AvgIpc) is 3.33. The number of hydrogen-bond donors (Lipinski definition) is 0. The molecule has 2 fully saturated rings. The zero-order valence-corrected chi connectivity index (χ0v) is 22.1. The van der Waals surface area contributed by atoms with Crippen molar-refractivity contribution in [2.24, 2.45) is 4.99 Å². The average molecular weight is 501 g/mol. The van der Waals surface area contributed by atoms with E-state index in [-0.39, 0.29) is 5.91 Å². The Morgan fingerprint density at radius 1 is 1.06 bits per heavy atom. The lowest BCUT2D eigenvalue weighted by molar-refractivity contribution is -0.121. The third-order valence-electron chi connectivity index (χ3n) is 6.82. The van der Waals surface area contributed by atoms with Crippen LogP contribution in [0.5, 0.6) is 0 Å². The molecule has 0 N–H and O–H groups in total. The quantitative estimate of drug-likeness (QED) is 0.420. The molecule has 3 heterocycles. The molecule has 1 amide bonds. The molecule has 0 radical (unpaired) electrons. The maximum Gasteiger partial charge on any atom is 0.266 e. The van der Waals surface area contributed by atoms with Crippen LogP contribution in [0.3, 0.4) is 0 Å². The zero-order chi connectivity index (χ0) is 25.2. The second kappa shape index (κ2) is 10.4. The van der Waals surface area contributed by atoms with Gasteiger partial charge in [0.05, 0.1) is 23.8 Å². The molecule has 1 aromatic heterocycles. The van der Waals surface area contributed by atoms with Crippen LogP contribution >= 0.6 is 11.8 Å². The number of morpholine rings is 1. The molecule has 2 saturated heterocycles. The molecule has 2 aliphatic rings. The first-order valence-corrected chi connectivity index (χ1v) is 13.2. The monoisotopic (exact) mass is 500 g/mol. The Balaban J connectivity index is 1.39. The van der Waals surface area contributed by atoms with Crippen molar-refractivity contribution in [3.63, 3.8) is 0 Å². The number of carbonyl (C=O) groups is 1. The van der Waals surface area contributed by atoms with E-state index in [1.165, 1.54) is 28.7 Å². The van der Waals surface area contributed by atoms with Gasteiger partial charge in [-0.25, -0.2) is 4.99 Å². The Bertz CT molecular complexity index is 1330. The fraction of sp³-hybridized carbons (Fsp3) is 0.310. The molecular formula is C29H32N4O2S. The second-order valence-corrected chi connectivity index (χ2v) is 10.1. The molecule has 186 valence electrons. The normalized spacial score (nSPS) is 18.6. The van der Waals surface area contributed by atoms with E-state index < -0.39 is 0 Å². The summed E-state index contributed by atoms with van der Waals surface area (Å²) in [5, 5.41) is 0.690. The number of likely N-dealkylation sites (N-methyl/N-ethyl adjacent to an activating group) is 1. The van der Waals surface area contributed by atoms with Crippen LogP contribution < -0.4 is 4.90 Å². The van der Waals surface area contributed by atoms with Gasteiger partial charge >= 0.3 is 0 Å². The number of carbonyl (C=O) groups excluding carboxylic acids is 1. The summed E-state index contributed by atoms with van der Waals surface area (Å²) < 4.78 is 7.73. The number of nitrogens with zero attached hydrogens (tertiary/aromatic N) is 4. The smallest absolute Gasteiger partial charge is 0.266 e. The van der Waals surface area contributed by atoms with Gasteiger partial charge in [0, 0.05) is 42.9 Å². The van der Waals surface area contributed by atoms with E-state index in [0.717, 1.165) is 55.4 Å². The summed E-state index contributed by atoms with van der Waals surface area (Å²) in [5.74, 6) is -0.0255. The summed E-state index contributed by atoms with van der Waals surface area (Å²) in [7, 11) is 1.79. The summed E-state index contributed by atoms with van der Waals surface area (Å²) in [6.07, 6.45) is 2.97. The van der Waals surface area contributed by atoms with Gasteiger partial charge in [-0.15, -0.1) is 0 Å². The van der Waals surface area contributed by atoms with Gasteiger partial charge in [0.25, 0.3) is 5.91 Å². The number of aryl methyl sites for hydroxylation is 2. The first kappa shape index (κ1) is 24.4. The molecule has 2 aliphatic heterocycles. The summed E-state index contributed by atoms with van der Waals surface area (Å²) in [6, 6.07) is 18.9. The number of aliphatic imine (C=N–C) groups is 1. The largest absolute Gasteiger partial charge is 0.378 e. The number of thioether (sulfide) groups is 1. The molecule has 0 aliphatic carbocycles. The molecule has 7 heteroatoms. The number of para-hydroxylation sites is 1. The fourth-order valence-electron chi connectivity index (χ4n) is 4.80. The molecular weight excluding hydrogens is 468 g/mol. The SMILES string of the molecule is CCc1ccccc1-n1c(C)cc(/C=C2\SC(=Nc3ccc(N4CCOCC4)cc3)N(C)C2=O)c1C. The van der Waals surface area contributed by atoms with Crippen molar-refractivity contribution in [1.82, 2.24) is 9.47 Å². The molecule has 36 heavy (non-hydrogen) atoms. The van der Waals surface area contributed by atoms with Gasteiger partial charge in [-0.05, 0) is 85.6 Å². The van der Waals surface area contributed by atoms with Gasteiger partial charge in [-0.1, -0.05) is 25.1 Å². The van der Waals surface area contributed by atoms with Crippen LogP contribution in [0.25, 0.3) is 11.8 Å². The van der Waals surface area contributed by atoms with Gasteiger partial charge in [0.1, 0.15) is 0 Å². The van der Waals surface area contributed by atoms with Crippen LogP contribution in [-0.2, 0) is 16.0 Å². The first-order valence-electron chi connectivity index (χ1n) is 12.4. The number of ether oxygens (including phenoxy) is 1. The fourth-order valence-corrected chi connectivity index (χ4v) is 5.77. The lowest BCUT2D eigenvalue weighted by Gasteiger charge is -2.28. The molecule has 5 rings (SSSR count). The molecule has 0 saturated carbocycles. The Kier molecular flexibility index (Phi) is 7.03. The van der Waals surface area contributed by atoms with Gasteiger partial charge in [-0.3, -0.25) is 9.69 Å². The predicted molar refractivity (Wildman–Crippen MR) is 150 cm³/mol. The van der Waals surface area contributed by atoms with Crippen molar-refractivity contribution < 1.29 is 9.53 Å². The maximum atomic E-state index is 13.1. The van der Waals surface area contributed by atoms with E-state index in [1.54, 1.807) is 11.9 Å². The summed E-state index contributed by atoms with van der Waals surface area (Å²) in [4.78, 5) is 22.5. The number of rotatable bonds is 5. The molecule has 2 aromatic carbocycles. The van der Waals surface area contributed by atoms with Gasteiger partial charge in [0.15, 0.2) is 5.17 Å². The lowest BCUT2D eigenvalue weighted by Crippen LogP contribution is -2.36. The van der Waals surface area contributed by atoms with Gasteiger partial charge < -0.3 is 14.2 Å². The van der Waals surface area contributed by atoms with Crippen molar-refractivity contribution in [3.05, 3.63) is 82.0 Å². The third-order valence-corrected chi connectivity index (χ3v) is 7.88. The second-order valence-electron chi connectivity index (χ2n) is 9.13.